The molecule has 1 atom stereocenters. The number of nitro benzene ring substituents is 1. The van der Waals surface area contributed by atoms with Gasteiger partial charge >= 0.3 is 0 Å². The maximum atomic E-state index is 13.2. The van der Waals surface area contributed by atoms with Crippen LogP contribution in [0.1, 0.15) is 30.3 Å². The molecule has 3 heterocycles. The number of aromatic nitrogens is 3. The van der Waals surface area contributed by atoms with E-state index in [-0.39, 0.29) is 10.6 Å². The monoisotopic (exact) mass is 387 g/mol. The van der Waals surface area contributed by atoms with E-state index in [9.17, 15) is 18.5 Å². The zero-order valence-corrected chi connectivity index (χ0v) is 15.3. The summed E-state index contributed by atoms with van der Waals surface area (Å²) in [6, 6.07) is 9.00. The fraction of sp³-hybridized carbons (Fsp3) is 0.294. The molecule has 0 N–H and O–H groups in total. The molecule has 0 radical (unpaired) electrons. The largest absolute Gasteiger partial charge is 0.285 e. The van der Waals surface area contributed by atoms with Gasteiger partial charge in [-0.3, -0.25) is 14.5 Å². The molecule has 0 bridgehead atoms. The fourth-order valence-electron chi connectivity index (χ4n) is 3.45. The zero-order valence-electron chi connectivity index (χ0n) is 14.5. The lowest BCUT2D eigenvalue weighted by Gasteiger charge is -2.23. The molecule has 0 amide bonds. The summed E-state index contributed by atoms with van der Waals surface area (Å²) in [5, 5.41) is 19.5. The predicted octanol–water partition coefficient (Wildman–Crippen LogP) is 2.47. The maximum Gasteiger partial charge on any atom is 0.273 e. The van der Waals surface area contributed by atoms with Crippen LogP contribution >= 0.6 is 0 Å². The van der Waals surface area contributed by atoms with Crippen LogP contribution < -0.4 is 0 Å². The lowest BCUT2D eigenvalue weighted by molar-refractivity contribution is -0.385. The van der Waals surface area contributed by atoms with Crippen LogP contribution in [-0.4, -0.2) is 38.8 Å². The standard InChI is InChI=1S/C17H17N5O4S/c1-12-7-8-13(11-15(12)22(23)24)27(25,26)21-10-4-5-14(21)17-19-18-16-6-2-3-9-20(16)17/h2-3,6-9,11,14H,4-5,10H2,1H3. The van der Waals surface area contributed by atoms with E-state index < -0.39 is 21.0 Å². The average Bonchev–Trinajstić information content (AvgIpc) is 3.28. The van der Waals surface area contributed by atoms with Gasteiger partial charge in [0.1, 0.15) is 0 Å². The highest BCUT2D eigenvalue weighted by Gasteiger charge is 2.39. The van der Waals surface area contributed by atoms with Gasteiger partial charge in [0.05, 0.1) is 15.9 Å². The second-order valence-electron chi connectivity index (χ2n) is 6.47. The van der Waals surface area contributed by atoms with Gasteiger partial charge in [-0.2, -0.15) is 4.31 Å². The Kier molecular flexibility index (Phi) is 4.16. The van der Waals surface area contributed by atoms with E-state index in [2.05, 4.69) is 10.2 Å². The number of hydrogen-bond donors (Lipinski definition) is 0. The Bertz CT molecular complexity index is 1140. The molecule has 1 saturated heterocycles. The highest BCUT2D eigenvalue weighted by atomic mass is 32.2. The molecule has 0 aliphatic carbocycles. The van der Waals surface area contributed by atoms with Crippen LogP contribution in [0, 0.1) is 17.0 Å². The Balaban J connectivity index is 1.77. The molecule has 10 heteroatoms. The van der Waals surface area contributed by atoms with Gasteiger partial charge < -0.3 is 0 Å². The molecule has 27 heavy (non-hydrogen) atoms. The summed E-state index contributed by atoms with van der Waals surface area (Å²) in [5.74, 6) is 0.549. The van der Waals surface area contributed by atoms with Gasteiger partial charge in [-0.25, -0.2) is 8.42 Å². The molecule has 1 fully saturated rings. The second kappa shape index (κ2) is 6.39. The quantitative estimate of drug-likeness (QED) is 0.502. The third-order valence-electron chi connectivity index (χ3n) is 4.83. The number of hydrogen-bond acceptors (Lipinski definition) is 6. The third-order valence-corrected chi connectivity index (χ3v) is 6.73. The van der Waals surface area contributed by atoms with Gasteiger partial charge in [0.15, 0.2) is 11.5 Å². The SMILES string of the molecule is Cc1ccc(S(=O)(=O)N2CCCC2c2nnc3ccccn23)cc1[N+](=O)[O-]. The van der Waals surface area contributed by atoms with Gasteiger partial charge in [0.2, 0.25) is 10.0 Å². The number of benzene rings is 1. The third kappa shape index (κ3) is 2.86. The minimum absolute atomic E-state index is 0.0829. The van der Waals surface area contributed by atoms with E-state index in [1.165, 1.54) is 16.4 Å². The molecule has 0 saturated carbocycles. The molecular formula is C17H17N5O4S. The van der Waals surface area contributed by atoms with Gasteiger partial charge in [-0.15, -0.1) is 10.2 Å². The smallest absolute Gasteiger partial charge is 0.273 e. The number of sulfonamides is 1. The van der Waals surface area contributed by atoms with Crippen LogP contribution in [-0.2, 0) is 10.0 Å². The summed E-state index contributed by atoms with van der Waals surface area (Å²) in [5.41, 5.74) is 0.850. The first-order valence-electron chi connectivity index (χ1n) is 8.46. The fourth-order valence-corrected chi connectivity index (χ4v) is 5.13. The number of nitrogens with zero attached hydrogens (tertiary/aromatic N) is 5. The Morgan fingerprint density at radius 1 is 1.22 bits per heavy atom. The molecule has 0 spiro atoms. The first-order valence-corrected chi connectivity index (χ1v) is 9.90. The Morgan fingerprint density at radius 2 is 2.04 bits per heavy atom. The molecule has 2 aromatic heterocycles. The van der Waals surface area contributed by atoms with Crippen LogP contribution in [0.4, 0.5) is 5.69 Å². The van der Waals surface area contributed by atoms with E-state index >= 15 is 0 Å². The molecule has 4 rings (SSSR count). The van der Waals surface area contributed by atoms with Gasteiger partial charge in [0, 0.05) is 24.4 Å². The first kappa shape index (κ1) is 17.6. The van der Waals surface area contributed by atoms with E-state index in [0.717, 1.165) is 6.07 Å². The maximum absolute atomic E-state index is 13.2. The van der Waals surface area contributed by atoms with Crippen LogP contribution in [0.25, 0.3) is 5.65 Å². The van der Waals surface area contributed by atoms with Crippen molar-refractivity contribution in [1.82, 2.24) is 18.9 Å². The van der Waals surface area contributed by atoms with Gasteiger partial charge in [-0.05, 0) is 38.0 Å². The summed E-state index contributed by atoms with van der Waals surface area (Å²) in [6.45, 7) is 1.91. The first-order chi connectivity index (χ1) is 12.9. The lowest BCUT2D eigenvalue weighted by atomic mass is 10.2. The van der Waals surface area contributed by atoms with Gasteiger partial charge in [0.25, 0.3) is 5.69 Å². The molecule has 1 unspecified atom stereocenters. The van der Waals surface area contributed by atoms with Crippen molar-refractivity contribution in [3.05, 3.63) is 64.1 Å². The molecule has 140 valence electrons. The number of pyridine rings is 1. The van der Waals surface area contributed by atoms with E-state index in [0.29, 0.717) is 36.4 Å². The van der Waals surface area contributed by atoms with Crippen molar-refractivity contribution in [3.8, 4) is 0 Å². The van der Waals surface area contributed by atoms with Crippen molar-refractivity contribution >= 4 is 21.4 Å². The van der Waals surface area contributed by atoms with Crippen LogP contribution in [0.15, 0.2) is 47.5 Å². The van der Waals surface area contributed by atoms with Crippen LogP contribution in [0.3, 0.4) is 0 Å². The molecule has 1 aliphatic rings. The lowest BCUT2D eigenvalue weighted by Crippen LogP contribution is -2.31. The Hall–Kier alpha value is -2.85. The predicted molar refractivity (Wildman–Crippen MR) is 96.7 cm³/mol. The molecule has 3 aromatic rings. The summed E-state index contributed by atoms with van der Waals surface area (Å²) in [6.07, 6.45) is 3.09. The minimum atomic E-state index is -3.91. The van der Waals surface area contributed by atoms with Crippen molar-refractivity contribution in [1.29, 1.82) is 0 Å². The van der Waals surface area contributed by atoms with Crippen molar-refractivity contribution in [2.24, 2.45) is 0 Å². The topological polar surface area (TPSA) is 111 Å². The molecule has 1 aliphatic heterocycles. The summed E-state index contributed by atoms with van der Waals surface area (Å²) in [7, 11) is -3.91. The summed E-state index contributed by atoms with van der Waals surface area (Å²) < 4.78 is 29.6. The number of nitro groups is 1. The average molecular weight is 387 g/mol. The number of fused-ring (bicyclic) bond motifs is 1. The van der Waals surface area contributed by atoms with Gasteiger partial charge in [-0.1, -0.05) is 12.1 Å². The van der Waals surface area contributed by atoms with Crippen molar-refractivity contribution in [3.63, 3.8) is 0 Å². The minimum Gasteiger partial charge on any atom is -0.285 e. The molecule has 9 nitrogen and oxygen atoms in total. The molecule has 1 aromatic carbocycles. The second-order valence-corrected chi connectivity index (χ2v) is 8.36. The normalized spacial score (nSPS) is 18.2. The summed E-state index contributed by atoms with van der Waals surface area (Å²) in [4.78, 5) is 10.5. The van der Waals surface area contributed by atoms with Crippen LogP contribution in [0.5, 0.6) is 0 Å². The van der Waals surface area contributed by atoms with Crippen molar-refractivity contribution in [2.45, 2.75) is 30.7 Å². The van der Waals surface area contributed by atoms with Crippen LogP contribution in [0.2, 0.25) is 0 Å². The van der Waals surface area contributed by atoms with Crippen molar-refractivity contribution in [2.75, 3.05) is 6.54 Å². The van der Waals surface area contributed by atoms with Crippen molar-refractivity contribution < 1.29 is 13.3 Å². The van der Waals surface area contributed by atoms with E-state index in [1.54, 1.807) is 23.6 Å². The summed E-state index contributed by atoms with van der Waals surface area (Å²) >= 11 is 0. The highest BCUT2D eigenvalue weighted by molar-refractivity contribution is 7.89. The number of aryl methyl sites for hydroxylation is 1. The highest BCUT2D eigenvalue weighted by Crippen LogP contribution is 2.36. The van der Waals surface area contributed by atoms with E-state index in [4.69, 9.17) is 0 Å². The number of rotatable bonds is 4. The Morgan fingerprint density at radius 3 is 2.81 bits per heavy atom. The van der Waals surface area contributed by atoms with E-state index in [1.807, 2.05) is 12.1 Å². The molecular weight excluding hydrogens is 370 g/mol. The zero-order chi connectivity index (χ0) is 19.2. The Labute approximate surface area is 155 Å².